The molecule has 0 radical (unpaired) electrons. The number of carbonyl (C=O) groups excluding carboxylic acids is 1. The predicted molar refractivity (Wildman–Crippen MR) is 127 cm³/mol. The number of aryl methyl sites for hydroxylation is 1. The van der Waals surface area contributed by atoms with Gasteiger partial charge in [-0.3, -0.25) is 9.69 Å². The molecule has 0 saturated carbocycles. The number of benzene rings is 3. The molecule has 4 rings (SSSR count). The van der Waals surface area contributed by atoms with Gasteiger partial charge in [-0.1, -0.05) is 60.3 Å². The van der Waals surface area contributed by atoms with Gasteiger partial charge in [0.2, 0.25) is 5.91 Å². The van der Waals surface area contributed by atoms with Crippen LogP contribution in [0, 0.1) is 6.92 Å². The Balaban J connectivity index is 1.43. The zero-order chi connectivity index (χ0) is 22.3. The molecule has 0 N–H and O–H groups in total. The molecule has 6 nitrogen and oxygen atoms in total. The van der Waals surface area contributed by atoms with Crippen molar-refractivity contribution < 1.29 is 9.53 Å². The Kier molecular flexibility index (Phi) is 6.87. The summed E-state index contributed by atoms with van der Waals surface area (Å²) in [6, 6.07) is 27.2. The van der Waals surface area contributed by atoms with E-state index in [1.54, 1.807) is 4.90 Å². The number of nitrogens with zero attached hydrogens (tertiary/aromatic N) is 4. The van der Waals surface area contributed by atoms with Crippen molar-refractivity contribution >= 4 is 29.0 Å². The van der Waals surface area contributed by atoms with Crippen LogP contribution in [0.1, 0.15) is 11.4 Å². The SMILES string of the molecule is Cc1cccc(OCc2nnc(SCC(=O)N(c3ccccc3)c3ccccc3)n2C)c1. The number of ether oxygens (including phenoxy) is 1. The Hall–Kier alpha value is -3.58. The first-order valence-electron chi connectivity index (χ1n) is 10.3. The summed E-state index contributed by atoms with van der Waals surface area (Å²) in [6.45, 7) is 2.33. The number of amides is 1. The highest BCUT2D eigenvalue weighted by atomic mass is 32.2. The number of thioether (sulfide) groups is 1. The Bertz CT molecular complexity index is 1140. The molecule has 162 valence electrons. The Morgan fingerprint density at radius 2 is 1.59 bits per heavy atom. The maximum atomic E-state index is 13.2. The molecule has 0 aliphatic carbocycles. The van der Waals surface area contributed by atoms with Crippen LogP contribution in [-0.2, 0) is 18.4 Å². The van der Waals surface area contributed by atoms with Crippen LogP contribution in [0.4, 0.5) is 11.4 Å². The number of rotatable bonds is 8. The molecule has 0 fully saturated rings. The van der Waals surface area contributed by atoms with Crippen molar-refractivity contribution in [3.05, 3.63) is 96.3 Å². The Labute approximate surface area is 191 Å². The number of anilines is 2. The van der Waals surface area contributed by atoms with E-state index in [1.165, 1.54) is 11.8 Å². The van der Waals surface area contributed by atoms with Gasteiger partial charge in [-0.2, -0.15) is 0 Å². The third kappa shape index (κ3) is 5.18. The lowest BCUT2D eigenvalue weighted by atomic mass is 10.2. The largest absolute Gasteiger partial charge is 0.486 e. The molecule has 3 aromatic carbocycles. The fourth-order valence-corrected chi connectivity index (χ4v) is 4.01. The van der Waals surface area contributed by atoms with Crippen molar-refractivity contribution in [3.8, 4) is 5.75 Å². The third-order valence-corrected chi connectivity index (χ3v) is 5.89. The zero-order valence-electron chi connectivity index (χ0n) is 18.0. The van der Waals surface area contributed by atoms with Gasteiger partial charge in [0.25, 0.3) is 0 Å². The summed E-state index contributed by atoms with van der Waals surface area (Å²) in [5.41, 5.74) is 2.79. The summed E-state index contributed by atoms with van der Waals surface area (Å²) in [6.07, 6.45) is 0. The van der Waals surface area contributed by atoms with Gasteiger partial charge in [-0.25, -0.2) is 0 Å². The van der Waals surface area contributed by atoms with Crippen LogP contribution >= 0.6 is 11.8 Å². The van der Waals surface area contributed by atoms with Crippen molar-refractivity contribution in [2.45, 2.75) is 18.7 Å². The van der Waals surface area contributed by atoms with Crippen LogP contribution in [0.5, 0.6) is 5.75 Å². The van der Waals surface area contributed by atoms with Gasteiger partial charge in [0.1, 0.15) is 12.4 Å². The van der Waals surface area contributed by atoms with Crippen LogP contribution in [-0.4, -0.2) is 26.4 Å². The Morgan fingerprint density at radius 1 is 0.938 bits per heavy atom. The topological polar surface area (TPSA) is 60.3 Å². The monoisotopic (exact) mass is 444 g/mol. The smallest absolute Gasteiger partial charge is 0.242 e. The highest BCUT2D eigenvalue weighted by Gasteiger charge is 2.19. The molecule has 0 bridgehead atoms. The first-order valence-corrected chi connectivity index (χ1v) is 11.2. The first-order chi connectivity index (χ1) is 15.6. The van der Waals surface area contributed by atoms with Gasteiger partial charge in [0.05, 0.1) is 5.75 Å². The van der Waals surface area contributed by atoms with E-state index in [4.69, 9.17) is 4.74 Å². The summed E-state index contributed by atoms with van der Waals surface area (Å²) in [7, 11) is 1.88. The lowest BCUT2D eigenvalue weighted by Gasteiger charge is -2.22. The van der Waals surface area contributed by atoms with Crippen LogP contribution in [0.3, 0.4) is 0 Å². The van der Waals surface area contributed by atoms with Gasteiger partial charge in [-0.05, 0) is 48.9 Å². The molecular weight excluding hydrogens is 420 g/mol. The third-order valence-electron chi connectivity index (χ3n) is 4.89. The van der Waals surface area contributed by atoms with E-state index in [0.29, 0.717) is 17.6 Å². The standard InChI is InChI=1S/C25H24N4O2S/c1-19-10-9-15-22(16-19)31-17-23-26-27-25(28(23)2)32-18-24(30)29(20-11-5-3-6-12-20)21-13-7-4-8-14-21/h3-16H,17-18H2,1-2H3. The fraction of sp³-hybridized carbons (Fsp3) is 0.160. The summed E-state index contributed by atoms with van der Waals surface area (Å²) in [5, 5.41) is 9.15. The minimum Gasteiger partial charge on any atom is -0.486 e. The van der Waals surface area contributed by atoms with Gasteiger partial charge in [0.15, 0.2) is 11.0 Å². The van der Waals surface area contributed by atoms with Crippen molar-refractivity contribution in [1.82, 2.24) is 14.8 Å². The average molecular weight is 445 g/mol. The first kappa shape index (κ1) is 21.6. The maximum Gasteiger partial charge on any atom is 0.242 e. The van der Waals surface area contributed by atoms with Crippen LogP contribution < -0.4 is 9.64 Å². The maximum absolute atomic E-state index is 13.2. The fourth-order valence-electron chi connectivity index (χ4n) is 3.23. The van der Waals surface area contributed by atoms with Crippen LogP contribution in [0.25, 0.3) is 0 Å². The molecule has 7 heteroatoms. The molecule has 0 saturated heterocycles. The second kappa shape index (κ2) is 10.2. The van der Waals surface area contributed by atoms with E-state index in [9.17, 15) is 4.79 Å². The van der Waals surface area contributed by atoms with Gasteiger partial charge < -0.3 is 9.30 Å². The van der Waals surface area contributed by atoms with E-state index >= 15 is 0 Å². The molecule has 0 aliphatic heterocycles. The number of aromatic nitrogens is 3. The molecule has 1 heterocycles. The highest BCUT2D eigenvalue weighted by Crippen LogP contribution is 2.27. The molecular formula is C25H24N4O2S. The number of para-hydroxylation sites is 2. The second-order valence-corrected chi connectivity index (χ2v) is 8.19. The van der Waals surface area contributed by atoms with Crippen LogP contribution in [0.2, 0.25) is 0 Å². The van der Waals surface area contributed by atoms with Crippen LogP contribution in [0.15, 0.2) is 90.1 Å². The van der Waals surface area contributed by atoms with E-state index in [-0.39, 0.29) is 11.7 Å². The average Bonchev–Trinajstić information content (AvgIpc) is 3.17. The van der Waals surface area contributed by atoms with Gasteiger partial charge in [-0.15, -0.1) is 10.2 Å². The number of carbonyl (C=O) groups is 1. The molecule has 0 atom stereocenters. The second-order valence-electron chi connectivity index (χ2n) is 7.25. The molecule has 0 spiro atoms. The van der Waals surface area contributed by atoms with Gasteiger partial charge >= 0.3 is 0 Å². The summed E-state index contributed by atoms with van der Waals surface area (Å²) in [4.78, 5) is 14.9. The van der Waals surface area contributed by atoms with Gasteiger partial charge in [0, 0.05) is 18.4 Å². The van der Waals surface area contributed by atoms with E-state index in [1.807, 2.05) is 103 Å². The molecule has 4 aromatic rings. The quantitative estimate of drug-likeness (QED) is 0.351. The van der Waals surface area contributed by atoms with E-state index in [2.05, 4.69) is 10.2 Å². The highest BCUT2D eigenvalue weighted by molar-refractivity contribution is 7.99. The Morgan fingerprint density at radius 3 is 2.22 bits per heavy atom. The van der Waals surface area contributed by atoms with Crippen molar-refractivity contribution in [3.63, 3.8) is 0 Å². The van der Waals surface area contributed by atoms with E-state index < -0.39 is 0 Å². The van der Waals surface area contributed by atoms with E-state index in [0.717, 1.165) is 22.7 Å². The number of hydrogen-bond donors (Lipinski definition) is 0. The van der Waals surface area contributed by atoms with Crippen molar-refractivity contribution in [2.24, 2.45) is 7.05 Å². The molecule has 32 heavy (non-hydrogen) atoms. The van der Waals surface area contributed by atoms with Crippen molar-refractivity contribution in [1.29, 1.82) is 0 Å². The summed E-state index contributed by atoms with van der Waals surface area (Å²) in [5.74, 6) is 1.69. The number of hydrogen-bond acceptors (Lipinski definition) is 5. The minimum atomic E-state index is -0.0343. The lowest BCUT2D eigenvalue weighted by Crippen LogP contribution is -2.27. The molecule has 0 aliphatic rings. The molecule has 1 aromatic heterocycles. The molecule has 0 unspecified atom stereocenters. The summed E-state index contributed by atoms with van der Waals surface area (Å²) < 4.78 is 7.70. The normalized spacial score (nSPS) is 10.7. The predicted octanol–water partition coefficient (Wildman–Crippen LogP) is 5.16. The zero-order valence-corrected chi connectivity index (χ0v) is 18.8. The minimum absolute atomic E-state index is 0.0343. The van der Waals surface area contributed by atoms with Crippen molar-refractivity contribution in [2.75, 3.05) is 10.7 Å². The summed E-state index contributed by atoms with van der Waals surface area (Å²) >= 11 is 1.36. The molecule has 1 amide bonds. The lowest BCUT2D eigenvalue weighted by molar-refractivity contribution is -0.115.